The Morgan fingerprint density at radius 3 is 1.39 bits per heavy atom. The first-order valence-corrected chi connectivity index (χ1v) is 12.5. The van der Waals surface area contributed by atoms with Crippen LogP contribution in [0, 0.1) is 0 Å². The van der Waals surface area contributed by atoms with E-state index in [4.69, 9.17) is 9.47 Å². The summed E-state index contributed by atoms with van der Waals surface area (Å²) in [7, 11) is 3.23. The van der Waals surface area contributed by atoms with Gasteiger partial charge in [-0.3, -0.25) is 10.6 Å². The first kappa shape index (κ1) is 27.2. The molecule has 0 spiro atoms. The van der Waals surface area contributed by atoms with E-state index >= 15 is 0 Å². The van der Waals surface area contributed by atoms with E-state index < -0.39 is 36.6 Å². The van der Waals surface area contributed by atoms with Gasteiger partial charge < -0.3 is 19.7 Å². The molecule has 198 valence electrons. The standard InChI is InChI=1S/C30H32N2O6/c1-31-25(17-21-13-7-11-19-9-3-5-15-23(19)21)37-29(35)27(33)28(34)30(36)38-26(32-2)18-22-14-8-12-20-10-4-6-16-24(20)22/h3-16,25-28,31-34H,17-18H2,1-2H3/t25-,26-,27?,28?/m0/s1. The molecular weight excluding hydrogens is 484 g/mol. The summed E-state index contributed by atoms with van der Waals surface area (Å²) in [5.74, 6) is -2.27. The molecule has 4 atom stereocenters. The van der Waals surface area contributed by atoms with Crippen molar-refractivity contribution in [3.05, 3.63) is 96.1 Å². The summed E-state index contributed by atoms with van der Waals surface area (Å²) < 4.78 is 10.8. The van der Waals surface area contributed by atoms with E-state index in [1.807, 2.05) is 84.9 Å². The van der Waals surface area contributed by atoms with Gasteiger partial charge >= 0.3 is 11.9 Å². The Bertz CT molecular complexity index is 1290. The monoisotopic (exact) mass is 516 g/mol. The topological polar surface area (TPSA) is 117 Å². The lowest BCUT2D eigenvalue weighted by Gasteiger charge is -2.23. The van der Waals surface area contributed by atoms with Crippen LogP contribution in [0.2, 0.25) is 0 Å². The summed E-state index contributed by atoms with van der Waals surface area (Å²) in [6.07, 6.45) is -5.15. The smallest absolute Gasteiger partial charge is 0.339 e. The number of ether oxygens (including phenoxy) is 2. The molecule has 0 amide bonds. The number of esters is 2. The Morgan fingerprint density at radius 1 is 0.632 bits per heavy atom. The normalized spacial score (nSPS) is 14.5. The second-order valence-electron chi connectivity index (χ2n) is 9.00. The molecule has 4 aromatic carbocycles. The van der Waals surface area contributed by atoms with E-state index in [9.17, 15) is 19.8 Å². The van der Waals surface area contributed by atoms with E-state index in [1.54, 1.807) is 14.1 Å². The molecule has 4 N–H and O–H groups in total. The van der Waals surface area contributed by atoms with Crippen LogP contribution < -0.4 is 10.6 Å². The third-order valence-corrected chi connectivity index (χ3v) is 6.51. The van der Waals surface area contributed by atoms with Gasteiger partial charge in [-0.05, 0) is 46.8 Å². The summed E-state index contributed by atoms with van der Waals surface area (Å²) in [6, 6.07) is 27.3. The van der Waals surface area contributed by atoms with Gasteiger partial charge in [0, 0.05) is 12.8 Å². The number of hydrogen-bond acceptors (Lipinski definition) is 8. The highest BCUT2D eigenvalue weighted by molar-refractivity contribution is 5.87. The van der Waals surface area contributed by atoms with Crippen LogP contribution in [0.4, 0.5) is 0 Å². The van der Waals surface area contributed by atoms with Crippen LogP contribution in [-0.4, -0.2) is 60.9 Å². The molecule has 8 heteroatoms. The first-order chi connectivity index (χ1) is 18.4. The number of aliphatic hydroxyl groups is 2. The van der Waals surface area contributed by atoms with Crippen molar-refractivity contribution in [3.63, 3.8) is 0 Å². The highest BCUT2D eigenvalue weighted by atomic mass is 16.6. The van der Waals surface area contributed by atoms with Crippen LogP contribution in [0.3, 0.4) is 0 Å². The van der Waals surface area contributed by atoms with Crippen molar-refractivity contribution in [3.8, 4) is 0 Å². The molecule has 2 unspecified atom stereocenters. The third-order valence-electron chi connectivity index (χ3n) is 6.51. The molecule has 4 rings (SSSR count). The van der Waals surface area contributed by atoms with Gasteiger partial charge in [-0.2, -0.15) is 0 Å². The Labute approximate surface area is 221 Å². The summed E-state index contributed by atoms with van der Waals surface area (Å²) in [4.78, 5) is 25.2. The van der Waals surface area contributed by atoms with Crippen molar-refractivity contribution in [1.29, 1.82) is 0 Å². The van der Waals surface area contributed by atoms with Crippen molar-refractivity contribution in [2.24, 2.45) is 0 Å². The molecule has 0 radical (unpaired) electrons. The number of rotatable bonds is 11. The molecular formula is C30H32N2O6. The Hall–Kier alpha value is -3.82. The summed E-state index contributed by atoms with van der Waals surface area (Å²) in [5, 5.41) is 30.7. The molecule has 0 aliphatic heterocycles. The Morgan fingerprint density at radius 2 is 1.00 bits per heavy atom. The van der Waals surface area contributed by atoms with Gasteiger partial charge in [0.1, 0.15) is 0 Å². The van der Waals surface area contributed by atoms with E-state index in [2.05, 4.69) is 10.6 Å². The van der Waals surface area contributed by atoms with Gasteiger partial charge in [0.2, 0.25) is 0 Å². The number of aliphatic hydroxyl groups excluding tert-OH is 2. The van der Waals surface area contributed by atoms with Crippen LogP contribution in [0.1, 0.15) is 11.1 Å². The fourth-order valence-corrected chi connectivity index (χ4v) is 4.42. The van der Waals surface area contributed by atoms with Gasteiger partial charge in [0.25, 0.3) is 0 Å². The summed E-state index contributed by atoms with van der Waals surface area (Å²) in [5.41, 5.74) is 1.88. The molecule has 0 heterocycles. The minimum Gasteiger partial charge on any atom is -0.444 e. The molecule has 0 saturated heterocycles. The largest absolute Gasteiger partial charge is 0.444 e. The highest BCUT2D eigenvalue weighted by Gasteiger charge is 2.35. The number of benzene rings is 4. The maximum absolute atomic E-state index is 12.6. The minimum atomic E-state index is -2.11. The van der Waals surface area contributed by atoms with Gasteiger partial charge in [-0.25, -0.2) is 9.59 Å². The van der Waals surface area contributed by atoms with Gasteiger partial charge in [0.05, 0.1) is 0 Å². The summed E-state index contributed by atoms with van der Waals surface area (Å²) in [6.45, 7) is 0. The molecule has 4 aromatic rings. The lowest BCUT2D eigenvalue weighted by molar-refractivity contribution is -0.180. The number of fused-ring (bicyclic) bond motifs is 2. The second-order valence-corrected chi connectivity index (χ2v) is 9.00. The number of likely N-dealkylation sites (N-methyl/N-ethyl adjacent to an activating group) is 2. The van der Waals surface area contributed by atoms with Crippen molar-refractivity contribution >= 4 is 33.5 Å². The molecule has 38 heavy (non-hydrogen) atoms. The fourth-order valence-electron chi connectivity index (χ4n) is 4.42. The predicted octanol–water partition coefficient (Wildman–Crippen LogP) is 2.68. The fraction of sp³-hybridized carbons (Fsp3) is 0.267. The average molecular weight is 517 g/mol. The van der Waals surface area contributed by atoms with E-state index in [-0.39, 0.29) is 0 Å². The Balaban J connectivity index is 1.37. The number of hydrogen-bond donors (Lipinski definition) is 4. The minimum absolute atomic E-state index is 0.323. The molecule has 8 nitrogen and oxygen atoms in total. The van der Waals surface area contributed by atoms with Crippen LogP contribution in [0.25, 0.3) is 21.5 Å². The zero-order chi connectivity index (χ0) is 27.1. The second kappa shape index (κ2) is 12.6. The Kier molecular flexibility index (Phi) is 9.04. The zero-order valence-electron chi connectivity index (χ0n) is 21.3. The van der Waals surface area contributed by atoms with Crippen molar-refractivity contribution < 1.29 is 29.3 Å². The lowest BCUT2D eigenvalue weighted by Crippen LogP contribution is -2.47. The molecule has 0 bridgehead atoms. The van der Waals surface area contributed by atoms with Crippen LogP contribution in [-0.2, 0) is 31.9 Å². The molecule has 0 aliphatic rings. The van der Waals surface area contributed by atoms with Crippen molar-refractivity contribution in [1.82, 2.24) is 10.6 Å². The number of carbonyl (C=O) groups is 2. The molecule has 0 aliphatic carbocycles. The van der Waals surface area contributed by atoms with E-state index in [0.29, 0.717) is 12.8 Å². The maximum atomic E-state index is 12.6. The quantitative estimate of drug-likeness (QED) is 0.178. The maximum Gasteiger partial charge on any atom is 0.339 e. The van der Waals surface area contributed by atoms with Crippen LogP contribution in [0.15, 0.2) is 84.9 Å². The highest BCUT2D eigenvalue weighted by Crippen LogP contribution is 2.21. The van der Waals surface area contributed by atoms with Gasteiger partial charge in [0.15, 0.2) is 24.7 Å². The van der Waals surface area contributed by atoms with Crippen molar-refractivity contribution in [2.75, 3.05) is 14.1 Å². The molecule has 0 saturated carbocycles. The first-order valence-electron chi connectivity index (χ1n) is 12.5. The molecule has 0 fully saturated rings. The van der Waals surface area contributed by atoms with Gasteiger partial charge in [-0.15, -0.1) is 0 Å². The van der Waals surface area contributed by atoms with Crippen LogP contribution >= 0.6 is 0 Å². The summed E-state index contributed by atoms with van der Waals surface area (Å²) >= 11 is 0. The zero-order valence-corrected chi connectivity index (χ0v) is 21.3. The predicted molar refractivity (Wildman–Crippen MR) is 145 cm³/mol. The average Bonchev–Trinajstić information content (AvgIpc) is 2.95. The number of nitrogens with one attached hydrogen (secondary N) is 2. The number of carbonyl (C=O) groups excluding carboxylic acids is 2. The lowest BCUT2D eigenvalue weighted by atomic mass is 10.0. The van der Waals surface area contributed by atoms with Crippen LogP contribution in [0.5, 0.6) is 0 Å². The van der Waals surface area contributed by atoms with E-state index in [1.165, 1.54) is 0 Å². The van der Waals surface area contributed by atoms with Crippen molar-refractivity contribution in [2.45, 2.75) is 37.5 Å². The molecule has 0 aromatic heterocycles. The SMILES string of the molecule is CN[C@H](Cc1cccc2ccccc12)OC(=O)C(O)C(O)C(=O)O[C@@H](Cc1cccc2ccccc12)NC. The third kappa shape index (κ3) is 6.35. The van der Waals surface area contributed by atoms with E-state index in [0.717, 1.165) is 32.7 Å². The van der Waals surface area contributed by atoms with Gasteiger partial charge in [-0.1, -0.05) is 84.9 Å².